The molecular weight excluding hydrogens is 230 g/mol. The molecule has 98 valence electrons. The highest BCUT2D eigenvalue weighted by Gasteiger charge is 2.14. The molecule has 0 radical (unpaired) electrons. The molecule has 2 heterocycles. The van der Waals surface area contributed by atoms with Crippen molar-refractivity contribution in [3.8, 4) is 0 Å². The fraction of sp³-hybridized carbons (Fsp3) is 0.538. The van der Waals surface area contributed by atoms with Gasteiger partial charge in [-0.3, -0.25) is 9.69 Å². The fourth-order valence-electron chi connectivity index (χ4n) is 1.85. The molecule has 0 atom stereocenters. The highest BCUT2D eigenvalue weighted by atomic mass is 16.5. The van der Waals surface area contributed by atoms with Crippen molar-refractivity contribution in [1.29, 1.82) is 0 Å². The van der Waals surface area contributed by atoms with Gasteiger partial charge in [-0.25, -0.2) is 4.98 Å². The lowest BCUT2D eigenvalue weighted by molar-refractivity contribution is -0.118. The summed E-state index contributed by atoms with van der Waals surface area (Å²) in [5, 5.41) is 2.81. The Balaban J connectivity index is 1.82. The molecule has 5 nitrogen and oxygen atoms in total. The first-order chi connectivity index (χ1) is 8.78. The molecule has 0 spiro atoms. The van der Waals surface area contributed by atoms with E-state index in [1.165, 1.54) is 5.56 Å². The number of carbonyl (C=O) groups is 1. The lowest BCUT2D eigenvalue weighted by Crippen LogP contribution is -2.41. The molecule has 5 heteroatoms. The van der Waals surface area contributed by atoms with Crippen LogP contribution >= 0.6 is 0 Å². The summed E-state index contributed by atoms with van der Waals surface area (Å²) < 4.78 is 5.24. The van der Waals surface area contributed by atoms with Gasteiger partial charge < -0.3 is 10.1 Å². The Morgan fingerprint density at radius 3 is 2.83 bits per heavy atom. The van der Waals surface area contributed by atoms with Crippen molar-refractivity contribution in [2.45, 2.75) is 13.3 Å². The number of amides is 1. The van der Waals surface area contributed by atoms with Gasteiger partial charge in [0.25, 0.3) is 0 Å². The summed E-state index contributed by atoms with van der Waals surface area (Å²) in [6.07, 6.45) is 2.75. The van der Waals surface area contributed by atoms with Crippen LogP contribution in [0, 0.1) is 0 Å². The molecule has 18 heavy (non-hydrogen) atoms. The van der Waals surface area contributed by atoms with Crippen molar-refractivity contribution in [3.05, 3.63) is 23.9 Å². The van der Waals surface area contributed by atoms with Crippen LogP contribution in [0.4, 0.5) is 5.82 Å². The summed E-state index contributed by atoms with van der Waals surface area (Å²) >= 11 is 0. The number of nitrogens with zero attached hydrogens (tertiary/aromatic N) is 2. The van der Waals surface area contributed by atoms with Gasteiger partial charge in [-0.15, -0.1) is 0 Å². The zero-order valence-corrected chi connectivity index (χ0v) is 10.7. The zero-order chi connectivity index (χ0) is 12.8. The minimum Gasteiger partial charge on any atom is -0.379 e. The van der Waals surface area contributed by atoms with Crippen LogP contribution in [0.2, 0.25) is 0 Å². The predicted octanol–water partition coefficient (Wildman–Crippen LogP) is 0.915. The van der Waals surface area contributed by atoms with Crippen molar-refractivity contribution >= 4 is 11.7 Å². The van der Waals surface area contributed by atoms with Crippen LogP contribution in [-0.2, 0) is 16.0 Å². The normalized spacial score (nSPS) is 16.5. The molecule has 1 fully saturated rings. The maximum Gasteiger partial charge on any atom is 0.239 e. The van der Waals surface area contributed by atoms with Crippen LogP contribution in [0.5, 0.6) is 0 Å². The number of hydrogen-bond donors (Lipinski definition) is 1. The molecular formula is C13H19N3O2. The average molecular weight is 249 g/mol. The molecule has 1 aromatic rings. The van der Waals surface area contributed by atoms with E-state index in [4.69, 9.17) is 4.74 Å². The number of carbonyl (C=O) groups excluding carboxylic acids is 1. The summed E-state index contributed by atoms with van der Waals surface area (Å²) in [6.45, 7) is 5.52. The van der Waals surface area contributed by atoms with Crippen LogP contribution in [0.3, 0.4) is 0 Å². The third kappa shape index (κ3) is 3.78. The Morgan fingerprint density at radius 1 is 1.44 bits per heavy atom. The number of aryl methyl sites for hydroxylation is 1. The van der Waals surface area contributed by atoms with Crippen LogP contribution in [0.1, 0.15) is 12.5 Å². The van der Waals surface area contributed by atoms with E-state index in [0.717, 1.165) is 19.5 Å². The van der Waals surface area contributed by atoms with Gasteiger partial charge in [0.05, 0.1) is 19.8 Å². The number of hydrogen-bond acceptors (Lipinski definition) is 4. The van der Waals surface area contributed by atoms with E-state index < -0.39 is 0 Å². The molecule has 1 aliphatic rings. The minimum atomic E-state index is -0.0198. The molecule has 0 aromatic carbocycles. The molecule has 1 aliphatic heterocycles. The quantitative estimate of drug-likeness (QED) is 0.862. The maximum atomic E-state index is 11.8. The van der Waals surface area contributed by atoms with E-state index in [0.29, 0.717) is 25.6 Å². The van der Waals surface area contributed by atoms with Gasteiger partial charge in [0.15, 0.2) is 0 Å². The molecule has 1 saturated heterocycles. The van der Waals surface area contributed by atoms with E-state index in [2.05, 4.69) is 22.1 Å². The standard InChI is InChI=1S/C13H19N3O2/c1-2-11-3-4-12(14-9-11)15-13(17)10-16-5-7-18-8-6-16/h3-4,9H,2,5-8,10H2,1H3,(H,14,15,17). The highest BCUT2D eigenvalue weighted by Crippen LogP contribution is 2.06. The Morgan fingerprint density at radius 2 is 2.22 bits per heavy atom. The smallest absolute Gasteiger partial charge is 0.239 e. The first-order valence-corrected chi connectivity index (χ1v) is 6.33. The highest BCUT2D eigenvalue weighted by molar-refractivity contribution is 5.91. The molecule has 0 aliphatic carbocycles. The van der Waals surface area contributed by atoms with Crippen molar-refractivity contribution in [3.63, 3.8) is 0 Å². The van der Waals surface area contributed by atoms with Crippen LogP contribution in [0.15, 0.2) is 18.3 Å². The topological polar surface area (TPSA) is 54.5 Å². The largest absolute Gasteiger partial charge is 0.379 e. The van der Waals surface area contributed by atoms with E-state index in [1.54, 1.807) is 6.20 Å². The third-order valence-electron chi connectivity index (χ3n) is 2.97. The van der Waals surface area contributed by atoms with Gasteiger partial charge in [0, 0.05) is 19.3 Å². The van der Waals surface area contributed by atoms with Gasteiger partial charge in [0.2, 0.25) is 5.91 Å². The van der Waals surface area contributed by atoms with E-state index in [9.17, 15) is 4.79 Å². The van der Waals surface area contributed by atoms with E-state index in [-0.39, 0.29) is 5.91 Å². The molecule has 1 aromatic heterocycles. The van der Waals surface area contributed by atoms with Gasteiger partial charge >= 0.3 is 0 Å². The molecule has 0 saturated carbocycles. The lowest BCUT2D eigenvalue weighted by atomic mass is 10.2. The van der Waals surface area contributed by atoms with Gasteiger partial charge in [0.1, 0.15) is 5.82 Å². The van der Waals surface area contributed by atoms with Crippen LogP contribution in [0.25, 0.3) is 0 Å². The summed E-state index contributed by atoms with van der Waals surface area (Å²) in [6, 6.07) is 3.83. The van der Waals surface area contributed by atoms with Gasteiger partial charge in [-0.2, -0.15) is 0 Å². The van der Waals surface area contributed by atoms with E-state index in [1.807, 2.05) is 12.1 Å². The lowest BCUT2D eigenvalue weighted by Gasteiger charge is -2.25. The Bertz CT molecular complexity index is 386. The number of aromatic nitrogens is 1. The predicted molar refractivity (Wildman–Crippen MR) is 69.5 cm³/mol. The van der Waals surface area contributed by atoms with Crippen LogP contribution < -0.4 is 5.32 Å². The molecule has 2 rings (SSSR count). The molecule has 1 N–H and O–H groups in total. The number of morpholine rings is 1. The van der Waals surface area contributed by atoms with Gasteiger partial charge in [-0.1, -0.05) is 13.0 Å². The molecule has 0 bridgehead atoms. The molecule has 1 amide bonds. The number of rotatable bonds is 4. The van der Waals surface area contributed by atoms with Crippen molar-refractivity contribution in [2.75, 3.05) is 38.2 Å². The number of nitrogens with one attached hydrogen (secondary N) is 1. The summed E-state index contributed by atoms with van der Waals surface area (Å²) in [4.78, 5) is 18.1. The van der Waals surface area contributed by atoms with Crippen molar-refractivity contribution < 1.29 is 9.53 Å². The second-order valence-corrected chi connectivity index (χ2v) is 4.34. The number of anilines is 1. The fourth-order valence-corrected chi connectivity index (χ4v) is 1.85. The van der Waals surface area contributed by atoms with Crippen molar-refractivity contribution in [2.24, 2.45) is 0 Å². The van der Waals surface area contributed by atoms with Crippen LogP contribution in [-0.4, -0.2) is 48.6 Å². The minimum absolute atomic E-state index is 0.0198. The Kier molecular flexibility index (Phi) is 4.66. The third-order valence-corrected chi connectivity index (χ3v) is 2.97. The SMILES string of the molecule is CCc1ccc(NC(=O)CN2CCOCC2)nc1. The van der Waals surface area contributed by atoms with E-state index >= 15 is 0 Å². The average Bonchev–Trinajstić information content (AvgIpc) is 2.40. The summed E-state index contributed by atoms with van der Waals surface area (Å²) in [5.74, 6) is 0.596. The monoisotopic (exact) mass is 249 g/mol. The van der Waals surface area contributed by atoms with Gasteiger partial charge in [-0.05, 0) is 18.1 Å². The Hall–Kier alpha value is -1.46. The second kappa shape index (κ2) is 6.47. The number of pyridine rings is 1. The number of ether oxygens (including phenoxy) is 1. The molecule has 0 unspecified atom stereocenters. The zero-order valence-electron chi connectivity index (χ0n) is 10.7. The second-order valence-electron chi connectivity index (χ2n) is 4.34. The maximum absolute atomic E-state index is 11.8. The van der Waals surface area contributed by atoms with Crippen molar-refractivity contribution in [1.82, 2.24) is 9.88 Å². The summed E-state index contributed by atoms with van der Waals surface area (Å²) in [5.41, 5.74) is 1.17. The first kappa shape index (κ1) is 13.0. The first-order valence-electron chi connectivity index (χ1n) is 6.33. The Labute approximate surface area is 107 Å². The summed E-state index contributed by atoms with van der Waals surface area (Å²) in [7, 11) is 0.